The molecule has 0 bridgehead atoms. The van der Waals surface area contributed by atoms with Crippen molar-refractivity contribution in [1.29, 1.82) is 0 Å². The fourth-order valence-corrected chi connectivity index (χ4v) is 4.95. The number of aromatic nitrogens is 2. The van der Waals surface area contributed by atoms with E-state index in [2.05, 4.69) is 21.9 Å². The molecule has 1 N–H and O–H groups in total. The fraction of sp³-hybridized carbons (Fsp3) is 0.778. The molecule has 0 spiro atoms. The first-order valence-corrected chi connectivity index (χ1v) is 8.88. The van der Waals surface area contributed by atoms with E-state index in [0.29, 0.717) is 6.04 Å². The molecule has 23 heavy (non-hydrogen) atoms. The van der Waals surface area contributed by atoms with Crippen LogP contribution >= 0.6 is 0 Å². The molecule has 3 unspecified atom stereocenters. The highest BCUT2D eigenvalue weighted by Crippen LogP contribution is 2.45. The Labute approximate surface area is 138 Å². The van der Waals surface area contributed by atoms with Crippen LogP contribution in [0.3, 0.4) is 0 Å². The molecule has 1 aliphatic heterocycles. The monoisotopic (exact) mass is 317 g/mol. The zero-order chi connectivity index (χ0) is 16.1. The standard InChI is InChI=1S/C18H27N3O2/c1-10-17-8-16(23-18(17)20-11(2)19-10)9-21(3)14-4-12-6-15(22)7-13(12)5-14/h12-16,22H,4-9H2,1-3H3/t12-,13+,14?,15?,16?. The maximum absolute atomic E-state index is 9.79. The quantitative estimate of drug-likeness (QED) is 0.922. The number of nitrogens with zero attached hydrogens (tertiary/aromatic N) is 3. The van der Waals surface area contributed by atoms with Gasteiger partial charge in [0.15, 0.2) is 0 Å². The van der Waals surface area contributed by atoms with E-state index in [9.17, 15) is 5.11 Å². The molecule has 2 aliphatic carbocycles. The van der Waals surface area contributed by atoms with Crippen LogP contribution in [0.2, 0.25) is 0 Å². The Morgan fingerprint density at radius 1 is 1.13 bits per heavy atom. The number of aliphatic hydroxyl groups is 1. The summed E-state index contributed by atoms with van der Waals surface area (Å²) in [4.78, 5) is 11.4. The Hall–Kier alpha value is -1.20. The second-order valence-electron chi connectivity index (χ2n) is 7.79. The Morgan fingerprint density at radius 2 is 1.83 bits per heavy atom. The molecule has 0 saturated heterocycles. The van der Waals surface area contributed by atoms with Gasteiger partial charge in [-0.15, -0.1) is 0 Å². The van der Waals surface area contributed by atoms with Crippen molar-refractivity contribution in [3.8, 4) is 5.88 Å². The van der Waals surface area contributed by atoms with Crippen LogP contribution in [-0.4, -0.2) is 51.8 Å². The summed E-state index contributed by atoms with van der Waals surface area (Å²) in [5.74, 6) is 3.04. The fourth-order valence-electron chi connectivity index (χ4n) is 4.95. The van der Waals surface area contributed by atoms with Gasteiger partial charge in [-0.25, -0.2) is 4.98 Å². The van der Waals surface area contributed by atoms with Gasteiger partial charge in [-0.2, -0.15) is 4.98 Å². The van der Waals surface area contributed by atoms with Crippen molar-refractivity contribution >= 4 is 0 Å². The molecule has 0 aromatic carbocycles. The van der Waals surface area contributed by atoms with E-state index in [1.807, 2.05) is 13.8 Å². The first-order chi connectivity index (χ1) is 11.0. The average Bonchev–Trinajstić information content (AvgIpc) is 3.10. The Kier molecular flexibility index (Phi) is 3.81. The van der Waals surface area contributed by atoms with Gasteiger partial charge in [0.05, 0.1) is 6.10 Å². The summed E-state index contributed by atoms with van der Waals surface area (Å²) in [6.45, 7) is 4.91. The van der Waals surface area contributed by atoms with Crippen LogP contribution in [0.1, 0.15) is 42.8 Å². The third-order valence-corrected chi connectivity index (χ3v) is 6.08. The van der Waals surface area contributed by atoms with Crippen molar-refractivity contribution in [3.63, 3.8) is 0 Å². The van der Waals surface area contributed by atoms with Crippen molar-refractivity contribution in [2.75, 3.05) is 13.6 Å². The summed E-state index contributed by atoms with van der Waals surface area (Å²) < 4.78 is 6.08. The highest BCUT2D eigenvalue weighted by Gasteiger charge is 2.42. The number of hydrogen-bond donors (Lipinski definition) is 1. The lowest BCUT2D eigenvalue weighted by Gasteiger charge is -2.27. The SMILES string of the molecule is Cc1nc(C)c2c(n1)OC(CN(C)C1C[C@H]3CC(O)C[C@H]3C1)C2. The van der Waals surface area contributed by atoms with E-state index in [1.54, 1.807) is 0 Å². The van der Waals surface area contributed by atoms with Crippen molar-refractivity contribution in [2.24, 2.45) is 11.8 Å². The topological polar surface area (TPSA) is 58.5 Å². The lowest BCUT2D eigenvalue weighted by Crippen LogP contribution is -2.38. The largest absolute Gasteiger partial charge is 0.472 e. The van der Waals surface area contributed by atoms with Crippen molar-refractivity contribution in [1.82, 2.24) is 14.9 Å². The third kappa shape index (κ3) is 2.85. The Bertz CT molecular complexity index is 592. The van der Waals surface area contributed by atoms with Gasteiger partial charge in [0, 0.05) is 30.3 Å². The molecule has 2 heterocycles. The summed E-state index contributed by atoms with van der Waals surface area (Å²) in [5.41, 5.74) is 2.24. The molecule has 4 rings (SSSR count). The van der Waals surface area contributed by atoms with Crippen LogP contribution in [0.5, 0.6) is 5.88 Å². The maximum Gasteiger partial charge on any atom is 0.220 e. The van der Waals surface area contributed by atoms with Crippen LogP contribution in [0.15, 0.2) is 0 Å². The van der Waals surface area contributed by atoms with E-state index in [-0.39, 0.29) is 12.2 Å². The minimum atomic E-state index is -0.0475. The van der Waals surface area contributed by atoms with Gasteiger partial charge in [0.1, 0.15) is 11.9 Å². The number of likely N-dealkylation sites (N-methyl/N-ethyl adjacent to an activating group) is 1. The molecule has 1 aromatic heterocycles. The molecule has 0 radical (unpaired) electrons. The first-order valence-electron chi connectivity index (χ1n) is 8.88. The van der Waals surface area contributed by atoms with Gasteiger partial charge in [-0.05, 0) is 58.4 Å². The second kappa shape index (κ2) is 5.71. The van der Waals surface area contributed by atoms with Crippen molar-refractivity contribution in [3.05, 3.63) is 17.1 Å². The van der Waals surface area contributed by atoms with Gasteiger partial charge < -0.3 is 9.84 Å². The zero-order valence-corrected chi connectivity index (χ0v) is 14.3. The van der Waals surface area contributed by atoms with Crippen LogP contribution in [0.25, 0.3) is 0 Å². The number of fused-ring (bicyclic) bond motifs is 2. The second-order valence-corrected chi connectivity index (χ2v) is 7.79. The summed E-state index contributed by atoms with van der Waals surface area (Å²) in [6, 6.07) is 0.638. The molecule has 126 valence electrons. The van der Waals surface area contributed by atoms with Crippen LogP contribution < -0.4 is 4.74 Å². The van der Waals surface area contributed by atoms with Gasteiger partial charge in [-0.3, -0.25) is 4.90 Å². The summed E-state index contributed by atoms with van der Waals surface area (Å²) in [7, 11) is 2.22. The van der Waals surface area contributed by atoms with E-state index < -0.39 is 0 Å². The number of aliphatic hydroxyl groups excluding tert-OH is 1. The van der Waals surface area contributed by atoms with Crippen LogP contribution in [0, 0.1) is 25.7 Å². The van der Waals surface area contributed by atoms with Crippen molar-refractivity contribution in [2.45, 2.75) is 64.2 Å². The van der Waals surface area contributed by atoms with Gasteiger partial charge in [0.2, 0.25) is 5.88 Å². The maximum atomic E-state index is 9.79. The molecule has 5 atom stereocenters. The average molecular weight is 317 g/mol. The molecule has 1 aromatic rings. The minimum Gasteiger partial charge on any atom is -0.472 e. The minimum absolute atomic E-state index is 0.0475. The molecule has 3 aliphatic rings. The predicted octanol–water partition coefficient (Wildman–Crippen LogP) is 1.88. The number of aryl methyl sites for hydroxylation is 2. The Morgan fingerprint density at radius 3 is 2.52 bits per heavy atom. The normalized spacial score (nSPS) is 35.4. The molecular formula is C18H27N3O2. The lowest BCUT2D eigenvalue weighted by atomic mass is 10.0. The Balaban J connectivity index is 1.36. The molecule has 5 heteroatoms. The highest BCUT2D eigenvalue weighted by atomic mass is 16.5. The summed E-state index contributed by atoms with van der Waals surface area (Å²) in [6.07, 6.45) is 5.54. The molecule has 5 nitrogen and oxygen atoms in total. The van der Waals surface area contributed by atoms with E-state index >= 15 is 0 Å². The van der Waals surface area contributed by atoms with Crippen molar-refractivity contribution < 1.29 is 9.84 Å². The summed E-state index contributed by atoms with van der Waals surface area (Å²) in [5, 5.41) is 9.79. The van der Waals surface area contributed by atoms with Gasteiger partial charge >= 0.3 is 0 Å². The molecular weight excluding hydrogens is 290 g/mol. The van der Waals surface area contributed by atoms with E-state index in [1.165, 1.54) is 18.4 Å². The molecule has 2 saturated carbocycles. The zero-order valence-electron chi connectivity index (χ0n) is 14.3. The lowest BCUT2D eigenvalue weighted by molar-refractivity contribution is 0.124. The third-order valence-electron chi connectivity index (χ3n) is 6.08. The molecule has 0 amide bonds. The predicted molar refractivity (Wildman–Crippen MR) is 87.5 cm³/mol. The van der Waals surface area contributed by atoms with Gasteiger partial charge in [-0.1, -0.05) is 0 Å². The number of ether oxygens (including phenoxy) is 1. The van der Waals surface area contributed by atoms with Crippen LogP contribution in [-0.2, 0) is 6.42 Å². The summed E-state index contributed by atoms with van der Waals surface area (Å²) >= 11 is 0. The molecule has 2 fully saturated rings. The van der Waals surface area contributed by atoms with E-state index in [4.69, 9.17) is 4.74 Å². The van der Waals surface area contributed by atoms with E-state index in [0.717, 1.165) is 55.0 Å². The smallest absolute Gasteiger partial charge is 0.220 e. The first kappa shape index (κ1) is 15.3. The number of rotatable bonds is 3. The van der Waals surface area contributed by atoms with Gasteiger partial charge in [0.25, 0.3) is 0 Å². The highest BCUT2D eigenvalue weighted by molar-refractivity contribution is 5.34. The number of hydrogen-bond acceptors (Lipinski definition) is 5. The van der Waals surface area contributed by atoms with Crippen LogP contribution in [0.4, 0.5) is 0 Å².